The molecule has 1 aromatic carbocycles. The summed E-state index contributed by atoms with van der Waals surface area (Å²) in [6.07, 6.45) is 5.07. The summed E-state index contributed by atoms with van der Waals surface area (Å²) in [4.78, 5) is 24.9. The molecule has 8 heteroatoms. The van der Waals surface area contributed by atoms with E-state index in [4.69, 9.17) is 4.74 Å². The van der Waals surface area contributed by atoms with Crippen LogP contribution < -0.4 is 4.74 Å². The largest absolute Gasteiger partial charge is 0.492 e. The van der Waals surface area contributed by atoms with Gasteiger partial charge in [-0.05, 0) is 30.5 Å². The van der Waals surface area contributed by atoms with Crippen molar-refractivity contribution in [1.82, 2.24) is 19.8 Å². The molecular weight excluding hydrogens is 355 g/mol. The molecule has 6 nitrogen and oxygen atoms in total. The predicted molar refractivity (Wildman–Crippen MR) is 98.1 cm³/mol. The molecule has 1 saturated heterocycles. The van der Waals surface area contributed by atoms with Crippen LogP contribution in [0, 0.1) is 5.82 Å². The van der Waals surface area contributed by atoms with E-state index in [0.29, 0.717) is 36.2 Å². The Kier molecular flexibility index (Phi) is 6.40. The van der Waals surface area contributed by atoms with E-state index in [1.165, 1.54) is 23.9 Å². The van der Waals surface area contributed by atoms with Gasteiger partial charge in [0.2, 0.25) is 0 Å². The quantitative estimate of drug-likeness (QED) is 0.569. The number of ether oxygens (including phenoxy) is 1. The number of halogens is 1. The summed E-state index contributed by atoms with van der Waals surface area (Å²) in [5, 5.41) is 0.660. The molecule has 0 radical (unpaired) electrons. The van der Waals surface area contributed by atoms with E-state index < -0.39 is 0 Å². The highest BCUT2D eigenvalue weighted by Gasteiger charge is 2.22. The zero-order valence-electron chi connectivity index (χ0n) is 14.6. The molecule has 2 aromatic rings. The van der Waals surface area contributed by atoms with Gasteiger partial charge in [-0.2, -0.15) is 0 Å². The third-order valence-corrected chi connectivity index (χ3v) is 4.78. The second-order valence-electron chi connectivity index (χ2n) is 5.89. The first kappa shape index (κ1) is 18.6. The van der Waals surface area contributed by atoms with E-state index in [1.807, 2.05) is 11.2 Å². The predicted octanol–water partition coefficient (Wildman–Crippen LogP) is 2.17. The normalized spacial score (nSPS) is 15.1. The van der Waals surface area contributed by atoms with Crippen molar-refractivity contribution in [3.63, 3.8) is 0 Å². The molecular formula is C18H21FN4O2S. The maximum atomic E-state index is 12.9. The first-order valence-electron chi connectivity index (χ1n) is 8.42. The fourth-order valence-electron chi connectivity index (χ4n) is 2.71. The number of piperazine rings is 1. The number of nitrogens with zero attached hydrogens (tertiary/aromatic N) is 4. The van der Waals surface area contributed by atoms with Gasteiger partial charge in [-0.25, -0.2) is 14.4 Å². The second-order valence-corrected chi connectivity index (χ2v) is 6.67. The Morgan fingerprint density at radius 2 is 1.81 bits per heavy atom. The van der Waals surface area contributed by atoms with E-state index in [-0.39, 0.29) is 11.7 Å². The number of hydrogen-bond donors (Lipinski definition) is 0. The van der Waals surface area contributed by atoms with E-state index >= 15 is 0 Å². The topological polar surface area (TPSA) is 58.6 Å². The molecule has 1 aliphatic rings. The fraction of sp³-hybridized carbons (Fsp3) is 0.389. The van der Waals surface area contributed by atoms with Crippen LogP contribution in [0.4, 0.5) is 4.39 Å². The molecule has 1 aliphatic heterocycles. The Bertz CT molecular complexity index is 719. The van der Waals surface area contributed by atoms with Gasteiger partial charge in [0.1, 0.15) is 18.2 Å². The fourth-order valence-corrected chi connectivity index (χ4v) is 3.03. The minimum atomic E-state index is -0.272. The average molecular weight is 376 g/mol. The molecule has 0 unspecified atom stereocenters. The van der Waals surface area contributed by atoms with Gasteiger partial charge in [0.25, 0.3) is 5.91 Å². The lowest BCUT2D eigenvalue weighted by atomic mass is 10.2. The molecule has 26 heavy (non-hydrogen) atoms. The SMILES string of the molecule is CSc1ncc(C(=O)N2CCN(CCOc3ccc(F)cc3)CC2)cn1. The highest BCUT2D eigenvalue weighted by atomic mass is 32.2. The van der Waals surface area contributed by atoms with Gasteiger partial charge in [-0.1, -0.05) is 11.8 Å². The molecule has 3 rings (SSSR count). The number of thioether (sulfide) groups is 1. The second kappa shape index (κ2) is 8.95. The monoisotopic (exact) mass is 376 g/mol. The third-order valence-electron chi connectivity index (χ3n) is 4.21. The van der Waals surface area contributed by atoms with Crippen molar-refractivity contribution in [2.45, 2.75) is 5.16 Å². The van der Waals surface area contributed by atoms with Crippen LogP contribution in [0.2, 0.25) is 0 Å². The Labute approximate surface area is 156 Å². The van der Waals surface area contributed by atoms with E-state index in [2.05, 4.69) is 14.9 Å². The first-order valence-corrected chi connectivity index (χ1v) is 9.64. The lowest BCUT2D eigenvalue weighted by Crippen LogP contribution is -2.49. The summed E-state index contributed by atoms with van der Waals surface area (Å²) in [5.41, 5.74) is 0.524. The van der Waals surface area contributed by atoms with Crippen LogP contribution in [-0.4, -0.2) is 71.3 Å². The number of carbonyl (C=O) groups is 1. The summed E-state index contributed by atoms with van der Waals surface area (Å²) in [5.74, 6) is 0.361. The molecule has 0 spiro atoms. The number of hydrogen-bond acceptors (Lipinski definition) is 6. The lowest BCUT2D eigenvalue weighted by Gasteiger charge is -2.34. The maximum Gasteiger partial charge on any atom is 0.257 e. The number of carbonyl (C=O) groups excluding carboxylic acids is 1. The average Bonchev–Trinajstić information content (AvgIpc) is 2.69. The molecule has 0 N–H and O–H groups in total. The van der Waals surface area contributed by atoms with Gasteiger partial charge >= 0.3 is 0 Å². The van der Waals surface area contributed by atoms with Crippen molar-refractivity contribution in [3.05, 3.63) is 48.0 Å². The zero-order chi connectivity index (χ0) is 18.4. The van der Waals surface area contributed by atoms with Crippen molar-refractivity contribution in [3.8, 4) is 5.75 Å². The Balaban J connectivity index is 1.41. The van der Waals surface area contributed by atoms with Gasteiger partial charge in [-0.3, -0.25) is 9.69 Å². The molecule has 138 valence electrons. The van der Waals surface area contributed by atoms with Gasteiger partial charge in [-0.15, -0.1) is 0 Å². The summed E-state index contributed by atoms with van der Waals surface area (Å²) in [6.45, 7) is 4.22. The maximum absolute atomic E-state index is 12.9. The minimum Gasteiger partial charge on any atom is -0.492 e. The third kappa shape index (κ3) is 4.92. The summed E-state index contributed by atoms with van der Waals surface area (Å²) in [6, 6.07) is 6.01. The standard InChI is InChI=1S/C18H21FN4O2S/c1-26-18-20-12-14(13-21-18)17(24)23-8-6-22(7-9-23)10-11-25-16-4-2-15(19)3-5-16/h2-5,12-13H,6-11H2,1H3. The van der Waals surface area contributed by atoms with E-state index in [1.54, 1.807) is 24.5 Å². The van der Waals surface area contributed by atoms with Gasteiger partial charge in [0.05, 0.1) is 5.56 Å². The van der Waals surface area contributed by atoms with Crippen molar-refractivity contribution >= 4 is 17.7 Å². The van der Waals surface area contributed by atoms with Crippen molar-refractivity contribution in [1.29, 1.82) is 0 Å². The van der Waals surface area contributed by atoms with Gasteiger partial charge in [0, 0.05) is 45.1 Å². The Morgan fingerprint density at radius 3 is 2.42 bits per heavy atom. The first-order chi connectivity index (χ1) is 12.7. The Hall–Kier alpha value is -2.19. The highest BCUT2D eigenvalue weighted by Crippen LogP contribution is 2.12. The van der Waals surface area contributed by atoms with Crippen LogP contribution in [-0.2, 0) is 0 Å². The zero-order valence-corrected chi connectivity index (χ0v) is 15.4. The highest BCUT2D eigenvalue weighted by molar-refractivity contribution is 7.98. The molecule has 0 saturated carbocycles. The van der Waals surface area contributed by atoms with Crippen LogP contribution in [0.25, 0.3) is 0 Å². The van der Waals surface area contributed by atoms with Crippen molar-refractivity contribution < 1.29 is 13.9 Å². The van der Waals surface area contributed by atoms with Crippen LogP contribution in [0.5, 0.6) is 5.75 Å². The number of amides is 1. The van der Waals surface area contributed by atoms with Crippen molar-refractivity contribution in [2.24, 2.45) is 0 Å². The minimum absolute atomic E-state index is 0.0279. The van der Waals surface area contributed by atoms with E-state index in [9.17, 15) is 9.18 Å². The number of benzene rings is 1. The molecule has 0 bridgehead atoms. The van der Waals surface area contributed by atoms with Crippen LogP contribution in [0.3, 0.4) is 0 Å². The van der Waals surface area contributed by atoms with Crippen molar-refractivity contribution in [2.75, 3.05) is 45.6 Å². The number of aromatic nitrogens is 2. The Morgan fingerprint density at radius 1 is 1.15 bits per heavy atom. The molecule has 1 fully saturated rings. The summed E-state index contributed by atoms with van der Waals surface area (Å²) < 4.78 is 18.5. The van der Waals surface area contributed by atoms with Crippen LogP contribution in [0.15, 0.2) is 41.8 Å². The summed E-state index contributed by atoms with van der Waals surface area (Å²) in [7, 11) is 0. The summed E-state index contributed by atoms with van der Waals surface area (Å²) >= 11 is 1.45. The molecule has 1 amide bonds. The van der Waals surface area contributed by atoms with Crippen LogP contribution >= 0.6 is 11.8 Å². The van der Waals surface area contributed by atoms with E-state index in [0.717, 1.165) is 19.6 Å². The smallest absolute Gasteiger partial charge is 0.257 e. The lowest BCUT2D eigenvalue weighted by molar-refractivity contribution is 0.0619. The van der Waals surface area contributed by atoms with Gasteiger partial charge in [0.15, 0.2) is 5.16 Å². The number of rotatable bonds is 6. The van der Waals surface area contributed by atoms with Crippen LogP contribution in [0.1, 0.15) is 10.4 Å². The molecule has 0 aliphatic carbocycles. The van der Waals surface area contributed by atoms with Gasteiger partial charge < -0.3 is 9.64 Å². The molecule has 0 atom stereocenters. The molecule has 1 aromatic heterocycles. The molecule has 2 heterocycles.